The third kappa shape index (κ3) is 10.0. The summed E-state index contributed by atoms with van der Waals surface area (Å²) in [6.45, 7) is 30.7. The molecule has 2 aliphatic rings. The molecule has 0 aliphatic carbocycles. The predicted octanol–water partition coefficient (Wildman–Crippen LogP) is 12.7. The first kappa shape index (κ1) is 41.9. The van der Waals surface area contributed by atoms with Crippen LogP contribution in [-0.2, 0) is 21.7 Å². The monoisotopic (exact) mass is 775 g/mol. The van der Waals surface area contributed by atoms with Crippen LogP contribution in [0.5, 0.6) is 0 Å². The van der Waals surface area contributed by atoms with Gasteiger partial charge in [-0.2, -0.15) is 0 Å². The number of nitrogens with one attached hydrogen (secondary N) is 4. The Morgan fingerprint density at radius 1 is 0.310 bits per heavy atom. The van der Waals surface area contributed by atoms with Gasteiger partial charge in [0.15, 0.2) is 35.0 Å². The van der Waals surface area contributed by atoms with E-state index < -0.39 is 0 Å². The van der Waals surface area contributed by atoms with E-state index in [4.69, 9.17) is 20.0 Å². The Bertz CT molecular complexity index is 2000. The van der Waals surface area contributed by atoms with E-state index in [9.17, 15) is 0 Å². The Morgan fingerprint density at radius 3 is 0.638 bits per heavy atom. The van der Waals surface area contributed by atoms with Crippen LogP contribution in [0.15, 0.2) is 140 Å². The van der Waals surface area contributed by atoms with Gasteiger partial charge in [-0.15, -0.1) is 0 Å². The van der Waals surface area contributed by atoms with Crippen LogP contribution in [0.25, 0.3) is 0 Å². The molecule has 4 aromatic carbocycles. The molecular formula is C50H62N8. The summed E-state index contributed by atoms with van der Waals surface area (Å²) in [5.74, 6) is 3.72. The van der Waals surface area contributed by atoms with Gasteiger partial charge in [-0.05, 0) is 106 Å². The topological polar surface area (TPSA) is 97.6 Å². The molecule has 0 saturated carbocycles. The Labute approximate surface area is 346 Å². The fraction of sp³-hybridized carbons (Fsp3) is 0.360. The summed E-state index contributed by atoms with van der Waals surface area (Å²) in [6, 6.07) is 34.1. The van der Waals surface area contributed by atoms with E-state index in [0.29, 0.717) is 35.0 Å². The van der Waals surface area contributed by atoms with Crippen molar-refractivity contribution in [2.75, 3.05) is 21.3 Å². The standard InChI is InChI=1S/C50H62N8/c1-31(41-55-43(51-37-23-15-33(16-24-37)47(3,4)5)44(56-41)52-38-25-17-34(18-26-38)48(6,7)8)32(2)42-57-45(53-39-27-19-35(20-28-39)49(9,10)11)46(58-42)54-40-29-21-36(22-30-40)50(12,13)14/h15-30H,1-14H3,(H,51,55)(H,52,56)(H,53,57)(H,54,58). The fourth-order valence-corrected chi connectivity index (χ4v) is 6.47. The van der Waals surface area contributed by atoms with Crippen LogP contribution in [0.3, 0.4) is 0 Å². The molecular weight excluding hydrogens is 713 g/mol. The summed E-state index contributed by atoms with van der Waals surface area (Å²) in [4.78, 5) is 20.3. The molecule has 0 saturated heterocycles. The minimum absolute atomic E-state index is 0.0542. The molecule has 4 N–H and O–H groups in total. The molecule has 0 amide bonds. The Kier molecular flexibility index (Phi) is 11.5. The number of allylic oxidation sites excluding steroid dienone is 2. The number of hydrogen-bond acceptors (Lipinski definition) is 8. The second-order valence-electron chi connectivity index (χ2n) is 19.5. The van der Waals surface area contributed by atoms with Gasteiger partial charge in [0, 0.05) is 33.9 Å². The first-order valence-electron chi connectivity index (χ1n) is 20.3. The van der Waals surface area contributed by atoms with Crippen LogP contribution < -0.4 is 21.3 Å². The fourth-order valence-electron chi connectivity index (χ4n) is 6.47. The molecule has 0 spiro atoms. The van der Waals surface area contributed by atoms with Crippen molar-refractivity contribution in [3.05, 3.63) is 142 Å². The van der Waals surface area contributed by atoms with Crippen molar-refractivity contribution in [3.8, 4) is 0 Å². The minimum atomic E-state index is 0.0542. The molecule has 0 aromatic heterocycles. The van der Waals surface area contributed by atoms with E-state index in [1.165, 1.54) is 22.3 Å². The maximum Gasteiger partial charge on any atom is 0.176 e. The highest BCUT2D eigenvalue weighted by Gasteiger charge is 2.25. The molecule has 2 aliphatic heterocycles. The van der Waals surface area contributed by atoms with E-state index in [0.717, 1.165) is 33.9 Å². The number of hydrogen-bond donors (Lipinski definition) is 4. The summed E-state index contributed by atoms with van der Waals surface area (Å²) in [5, 5.41) is 14.2. The van der Waals surface area contributed by atoms with Gasteiger partial charge in [0.2, 0.25) is 0 Å². The number of rotatable bonds is 5. The zero-order valence-corrected chi connectivity index (χ0v) is 37.0. The average molecular weight is 775 g/mol. The summed E-state index contributed by atoms with van der Waals surface area (Å²) < 4.78 is 0. The van der Waals surface area contributed by atoms with Crippen molar-refractivity contribution in [1.82, 2.24) is 0 Å². The zero-order chi connectivity index (χ0) is 42.2. The van der Waals surface area contributed by atoms with Crippen molar-refractivity contribution in [2.45, 2.75) is 119 Å². The summed E-state index contributed by atoms with van der Waals surface area (Å²) in [7, 11) is 0. The third-order valence-corrected chi connectivity index (χ3v) is 10.6. The molecule has 2 heterocycles. The Hall–Kier alpha value is -5.76. The van der Waals surface area contributed by atoms with Crippen LogP contribution in [0.1, 0.15) is 119 Å². The number of nitrogens with zero attached hydrogens (tertiary/aromatic N) is 4. The highest BCUT2D eigenvalue weighted by atomic mass is 15.2. The van der Waals surface area contributed by atoms with Crippen molar-refractivity contribution in [1.29, 1.82) is 0 Å². The molecule has 6 rings (SSSR count). The molecule has 0 radical (unpaired) electrons. The second-order valence-corrected chi connectivity index (χ2v) is 19.5. The number of anilines is 4. The van der Waals surface area contributed by atoms with Crippen molar-refractivity contribution >= 4 is 46.1 Å². The average Bonchev–Trinajstić information content (AvgIpc) is 3.73. The van der Waals surface area contributed by atoms with Gasteiger partial charge in [-0.1, -0.05) is 132 Å². The van der Waals surface area contributed by atoms with Crippen molar-refractivity contribution in [2.24, 2.45) is 20.0 Å². The van der Waals surface area contributed by atoms with Gasteiger partial charge >= 0.3 is 0 Å². The van der Waals surface area contributed by atoms with Crippen LogP contribution >= 0.6 is 0 Å². The Morgan fingerprint density at radius 2 is 0.483 bits per heavy atom. The van der Waals surface area contributed by atoms with E-state index in [1.807, 2.05) is 13.8 Å². The van der Waals surface area contributed by atoms with Gasteiger partial charge in [0.1, 0.15) is 0 Å². The van der Waals surface area contributed by atoms with Crippen molar-refractivity contribution < 1.29 is 0 Å². The minimum Gasteiger partial charge on any atom is -0.337 e. The SMILES string of the molecule is CC(=C1N=C(Nc2ccc(C(C)(C)C)cc2)C(Nc2ccc(C(C)(C)C)cc2)=N1)C(C)=C1N=C(Nc2ccc(C(C)(C)C)cc2)C(Nc2ccc(C(C)(C)C)cc2)=N1. The molecule has 0 fully saturated rings. The molecule has 58 heavy (non-hydrogen) atoms. The molecule has 0 atom stereocenters. The number of benzene rings is 4. The normalized spacial score (nSPS) is 14.7. The number of amidine groups is 4. The molecule has 302 valence electrons. The van der Waals surface area contributed by atoms with Crippen molar-refractivity contribution in [3.63, 3.8) is 0 Å². The Balaban J connectivity index is 1.37. The maximum absolute atomic E-state index is 5.07. The molecule has 8 nitrogen and oxygen atoms in total. The highest BCUT2D eigenvalue weighted by Crippen LogP contribution is 2.31. The lowest BCUT2D eigenvalue weighted by atomic mass is 9.87. The highest BCUT2D eigenvalue weighted by molar-refractivity contribution is 6.50. The van der Waals surface area contributed by atoms with Gasteiger partial charge in [0.05, 0.1) is 0 Å². The zero-order valence-electron chi connectivity index (χ0n) is 37.0. The molecule has 8 heteroatoms. The van der Waals surface area contributed by atoms with E-state index in [1.54, 1.807) is 0 Å². The van der Waals surface area contributed by atoms with E-state index >= 15 is 0 Å². The summed E-state index contributed by atoms with van der Waals surface area (Å²) >= 11 is 0. The lowest BCUT2D eigenvalue weighted by Gasteiger charge is -2.20. The van der Waals surface area contributed by atoms with Crippen LogP contribution in [0.2, 0.25) is 0 Å². The summed E-state index contributed by atoms with van der Waals surface area (Å²) in [5.41, 5.74) is 10.7. The first-order chi connectivity index (χ1) is 27.0. The third-order valence-electron chi connectivity index (χ3n) is 10.6. The van der Waals surface area contributed by atoms with Crippen LogP contribution in [0.4, 0.5) is 22.7 Å². The van der Waals surface area contributed by atoms with Crippen LogP contribution in [0, 0.1) is 0 Å². The van der Waals surface area contributed by atoms with Gasteiger partial charge in [0.25, 0.3) is 0 Å². The quantitative estimate of drug-likeness (QED) is 0.162. The van der Waals surface area contributed by atoms with Gasteiger partial charge in [-0.3, -0.25) is 0 Å². The summed E-state index contributed by atoms with van der Waals surface area (Å²) in [6.07, 6.45) is 0. The number of aliphatic imine (C=N–C) groups is 4. The van der Waals surface area contributed by atoms with E-state index in [-0.39, 0.29) is 21.7 Å². The maximum atomic E-state index is 5.07. The molecule has 4 aromatic rings. The smallest absolute Gasteiger partial charge is 0.176 e. The van der Waals surface area contributed by atoms with E-state index in [2.05, 4.69) is 201 Å². The second kappa shape index (κ2) is 15.9. The van der Waals surface area contributed by atoms with Crippen LogP contribution in [-0.4, -0.2) is 23.3 Å². The lowest BCUT2D eigenvalue weighted by molar-refractivity contribution is 0.590. The lowest BCUT2D eigenvalue weighted by Crippen LogP contribution is -2.27. The predicted molar refractivity (Wildman–Crippen MR) is 250 cm³/mol. The first-order valence-corrected chi connectivity index (χ1v) is 20.3. The molecule has 0 bridgehead atoms. The van der Waals surface area contributed by atoms with Gasteiger partial charge < -0.3 is 21.3 Å². The largest absolute Gasteiger partial charge is 0.337 e. The molecule has 0 unspecified atom stereocenters. The van der Waals surface area contributed by atoms with Gasteiger partial charge in [-0.25, -0.2) is 20.0 Å².